The summed E-state index contributed by atoms with van der Waals surface area (Å²) < 4.78 is 13.1. The van der Waals surface area contributed by atoms with Gasteiger partial charge in [-0.3, -0.25) is 9.69 Å². The standard InChI is InChI=1S/C16H20ClFN2O/c17-15-11-12(18)5-6-14(15)16(21)20-9-7-19(8-10-20)13-3-1-2-4-13/h5-6,11,13H,1-4,7-10H2. The highest BCUT2D eigenvalue weighted by Crippen LogP contribution is 2.25. The van der Waals surface area contributed by atoms with Gasteiger partial charge >= 0.3 is 0 Å². The van der Waals surface area contributed by atoms with Crippen LogP contribution in [0.15, 0.2) is 18.2 Å². The molecule has 1 amide bonds. The van der Waals surface area contributed by atoms with Crippen molar-refractivity contribution in [3.63, 3.8) is 0 Å². The van der Waals surface area contributed by atoms with Gasteiger partial charge in [-0.1, -0.05) is 24.4 Å². The molecule has 1 aromatic rings. The maximum Gasteiger partial charge on any atom is 0.255 e. The maximum absolute atomic E-state index is 13.1. The molecule has 3 nitrogen and oxygen atoms in total. The van der Waals surface area contributed by atoms with E-state index in [9.17, 15) is 9.18 Å². The number of hydrogen-bond acceptors (Lipinski definition) is 2. The van der Waals surface area contributed by atoms with Gasteiger partial charge < -0.3 is 4.90 Å². The molecule has 1 aliphatic carbocycles. The average molecular weight is 311 g/mol. The SMILES string of the molecule is O=C(c1ccc(F)cc1Cl)N1CCN(C2CCCC2)CC1. The highest BCUT2D eigenvalue weighted by Gasteiger charge is 2.28. The molecule has 0 unspecified atom stereocenters. The molecule has 3 rings (SSSR count). The van der Waals surface area contributed by atoms with E-state index in [0.717, 1.165) is 26.2 Å². The first-order valence-corrected chi connectivity index (χ1v) is 8.01. The predicted octanol–water partition coefficient (Wildman–Crippen LogP) is 3.18. The fraction of sp³-hybridized carbons (Fsp3) is 0.562. The Balaban J connectivity index is 1.62. The van der Waals surface area contributed by atoms with Crippen LogP contribution in [0.5, 0.6) is 0 Å². The molecule has 2 aliphatic rings. The van der Waals surface area contributed by atoms with Gasteiger partial charge in [0.2, 0.25) is 0 Å². The van der Waals surface area contributed by atoms with E-state index in [4.69, 9.17) is 11.6 Å². The molecule has 0 aromatic heterocycles. The first-order chi connectivity index (χ1) is 10.1. The van der Waals surface area contributed by atoms with E-state index in [0.29, 0.717) is 11.6 Å². The second-order valence-electron chi connectivity index (χ2n) is 5.89. The van der Waals surface area contributed by atoms with Crippen LogP contribution in [-0.2, 0) is 0 Å². The molecule has 1 heterocycles. The van der Waals surface area contributed by atoms with Gasteiger partial charge in [-0.05, 0) is 31.0 Å². The Morgan fingerprint density at radius 3 is 2.43 bits per heavy atom. The summed E-state index contributed by atoms with van der Waals surface area (Å²) in [5.74, 6) is -0.506. The van der Waals surface area contributed by atoms with E-state index in [1.54, 1.807) is 0 Å². The normalized spacial score (nSPS) is 21.0. The van der Waals surface area contributed by atoms with Crippen molar-refractivity contribution < 1.29 is 9.18 Å². The fourth-order valence-corrected chi connectivity index (χ4v) is 3.64. The Bertz CT molecular complexity index is 523. The third-order valence-electron chi connectivity index (χ3n) is 4.60. The molecule has 1 saturated carbocycles. The van der Waals surface area contributed by atoms with Crippen molar-refractivity contribution in [3.8, 4) is 0 Å². The minimum atomic E-state index is -0.414. The van der Waals surface area contributed by atoms with Crippen molar-refractivity contribution in [2.24, 2.45) is 0 Å². The molecule has 1 aromatic carbocycles. The van der Waals surface area contributed by atoms with E-state index in [1.807, 2.05) is 4.90 Å². The summed E-state index contributed by atoms with van der Waals surface area (Å²) in [6.45, 7) is 3.30. The largest absolute Gasteiger partial charge is 0.336 e. The number of halogens is 2. The summed E-state index contributed by atoms with van der Waals surface area (Å²) in [6, 6.07) is 4.66. The first-order valence-electron chi connectivity index (χ1n) is 7.63. The van der Waals surface area contributed by atoms with Crippen molar-refractivity contribution in [1.82, 2.24) is 9.80 Å². The monoisotopic (exact) mass is 310 g/mol. The van der Waals surface area contributed by atoms with Gasteiger partial charge in [-0.2, -0.15) is 0 Å². The summed E-state index contributed by atoms with van der Waals surface area (Å²) in [4.78, 5) is 16.8. The van der Waals surface area contributed by atoms with E-state index < -0.39 is 5.82 Å². The number of amides is 1. The van der Waals surface area contributed by atoms with Gasteiger partial charge in [0.1, 0.15) is 5.82 Å². The number of carbonyl (C=O) groups excluding carboxylic acids is 1. The topological polar surface area (TPSA) is 23.6 Å². The minimum Gasteiger partial charge on any atom is -0.336 e. The zero-order valence-corrected chi connectivity index (χ0v) is 12.8. The van der Waals surface area contributed by atoms with Crippen molar-refractivity contribution in [2.45, 2.75) is 31.7 Å². The number of benzene rings is 1. The predicted molar refractivity (Wildman–Crippen MR) is 81.1 cm³/mol. The Morgan fingerprint density at radius 1 is 1.14 bits per heavy atom. The third kappa shape index (κ3) is 3.22. The molecule has 0 bridgehead atoms. The average Bonchev–Trinajstić information content (AvgIpc) is 3.01. The number of nitrogens with zero attached hydrogens (tertiary/aromatic N) is 2. The summed E-state index contributed by atoms with van der Waals surface area (Å²) in [5, 5.41) is 0.193. The number of piperazine rings is 1. The van der Waals surface area contributed by atoms with E-state index >= 15 is 0 Å². The quantitative estimate of drug-likeness (QED) is 0.837. The molecule has 1 aliphatic heterocycles. The zero-order valence-electron chi connectivity index (χ0n) is 12.0. The highest BCUT2D eigenvalue weighted by atomic mass is 35.5. The molecule has 1 saturated heterocycles. The molecule has 21 heavy (non-hydrogen) atoms. The summed E-state index contributed by atoms with van der Waals surface area (Å²) in [7, 11) is 0. The number of rotatable bonds is 2. The van der Waals surface area contributed by atoms with Crippen LogP contribution in [0.1, 0.15) is 36.0 Å². The molecular formula is C16H20ClFN2O. The van der Waals surface area contributed by atoms with Crippen molar-refractivity contribution >= 4 is 17.5 Å². The molecule has 0 atom stereocenters. The molecular weight excluding hydrogens is 291 g/mol. The van der Waals surface area contributed by atoms with E-state index in [-0.39, 0.29) is 10.9 Å². The van der Waals surface area contributed by atoms with Crippen LogP contribution in [0.25, 0.3) is 0 Å². The van der Waals surface area contributed by atoms with Gasteiger partial charge in [0.15, 0.2) is 0 Å². The van der Waals surface area contributed by atoms with Gasteiger partial charge in [0.25, 0.3) is 5.91 Å². The Labute approximate surface area is 129 Å². The minimum absolute atomic E-state index is 0.0916. The molecule has 0 N–H and O–H groups in total. The third-order valence-corrected chi connectivity index (χ3v) is 4.92. The van der Waals surface area contributed by atoms with Crippen LogP contribution in [0.4, 0.5) is 4.39 Å². The maximum atomic E-state index is 13.1. The van der Waals surface area contributed by atoms with Crippen LogP contribution in [-0.4, -0.2) is 47.9 Å². The van der Waals surface area contributed by atoms with Gasteiger partial charge in [0, 0.05) is 32.2 Å². The second kappa shape index (κ2) is 6.32. The molecule has 5 heteroatoms. The second-order valence-corrected chi connectivity index (χ2v) is 6.30. The Kier molecular flexibility index (Phi) is 4.45. The lowest BCUT2D eigenvalue weighted by Gasteiger charge is -2.38. The van der Waals surface area contributed by atoms with Crippen molar-refractivity contribution in [2.75, 3.05) is 26.2 Å². The lowest BCUT2D eigenvalue weighted by Crippen LogP contribution is -2.51. The van der Waals surface area contributed by atoms with Crippen molar-refractivity contribution in [3.05, 3.63) is 34.6 Å². The Hall–Kier alpha value is -1.13. The molecule has 114 valence electrons. The van der Waals surface area contributed by atoms with Crippen LogP contribution >= 0.6 is 11.6 Å². The summed E-state index contributed by atoms with van der Waals surface area (Å²) in [6.07, 6.45) is 5.24. The van der Waals surface area contributed by atoms with Gasteiger partial charge in [0.05, 0.1) is 10.6 Å². The summed E-state index contributed by atoms with van der Waals surface area (Å²) >= 11 is 5.98. The van der Waals surface area contributed by atoms with Gasteiger partial charge in [-0.15, -0.1) is 0 Å². The van der Waals surface area contributed by atoms with Crippen LogP contribution < -0.4 is 0 Å². The zero-order chi connectivity index (χ0) is 14.8. The highest BCUT2D eigenvalue weighted by molar-refractivity contribution is 6.33. The lowest BCUT2D eigenvalue weighted by molar-refractivity contribution is 0.0573. The van der Waals surface area contributed by atoms with Crippen LogP contribution in [0.3, 0.4) is 0 Å². The van der Waals surface area contributed by atoms with Crippen LogP contribution in [0, 0.1) is 5.82 Å². The smallest absolute Gasteiger partial charge is 0.255 e. The van der Waals surface area contributed by atoms with E-state index in [1.165, 1.54) is 43.9 Å². The number of carbonyl (C=O) groups is 1. The Morgan fingerprint density at radius 2 is 1.81 bits per heavy atom. The number of hydrogen-bond donors (Lipinski definition) is 0. The fourth-order valence-electron chi connectivity index (χ4n) is 3.39. The van der Waals surface area contributed by atoms with Crippen molar-refractivity contribution in [1.29, 1.82) is 0 Å². The molecule has 0 spiro atoms. The summed E-state index contributed by atoms with van der Waals surface area (Å²) in [5.41, 5.74) is 0.396. The van der Waals surface area contributed by atoms with Gasteiger partial charge in [-0.25, -0.2) is 4.39 Å². The lowest BCUT2D eigenvalue weighted by atomic mass is 10.1. The first kappa shape index (κ1) is 14.8. The molecule has 0 radical (unpaired) electrons. The molecule has 2 fully saturated rings. The van der Waals surface area contributed by atoms with E-state index in [2.05, 4.69) is 4.90 Å². The van der Waals surface area contributed by atoms with Crippen LogP contribution in [0.2, 0.25) is 5.02 Å².